The number of rotatable bonds is 7. The highest BCUT2D eigenvalue weighted by atomic mass is 35.5. The van der Waals surface area contributed by atoms with E-state index in [0.717, 1.165) is 65.2 Å². The summed E-state index contributed by atoms with van der Waals surface area (Å²) in [7, 11) is 3.29. The van der Waals surface area contributed by atoms with Crippen molar-refractivity contribution in [1.82, 2.24) is 25.8 Å². The molecule has 1 amide bonds. The molecule has 4 rings (SSSR count). The zero-order valence-corrected chi connectivity index (χ0v) is 17.4. The molecule has 29 heavy (non-hydrogen) atoms. The summed E-state index contributed by atoms with van der Waals surface area (Å²) < 4.78 is 10.8. The summed E-state index contributed by atoms with van der Waals surface area (Å²) in [4.78, 5) is 15.8. The number of ether oxygens (including phenoxy) is 2. The van der Waals surface area contributed by atoms with Crippen molar-refractivity contribution in [3.8, 4) is 11.5 Å². The van der Waals surface area contributed by atoms with Crippen LogP contribution in [0.1, 0.15) is 33.9 Å². The topological polar surface area (TPSA) is 104 Å². The van der Waals surface area contributed by atoms with Crippen LogP contribution < -0.4 is 20.1 Å². The van der Waals surface area contributed by atoms with E-state index in [1.54, 1.807) is 14.2 Å². The monoisotopic (exact) mass is 419 g/mol. The van der Waals surface area contributed by atoms with Gasteiger partial charge in [-0.05, 0) is 18.9 Å². The summed E-state index contributed by atoms with van der Waals surface area (Å²) >= 11 is 0. The molecule has 0 aliphatic carbocycles. The number of carbonyl (C=O) groups excluding carboxylic acids is 1. The third-order valence-corrected chi connectivity index (χ3v) is 5.11. The molecule has 1 aromatic carbocycles. The smallest absolute Gasteiger partial charge is 0.272 e. The van der Waals surface area contributed by atoms with Gasteiger partial charge in [-0.25, -0.2) is 0 Å². The Morgan fingerprint density at radius 2 is 2.10 bits per heavy atom. The van der Waals surface area contributed by atoms with Crippen molar-refractivity contribution in [3.63, 3.8) is 0 Å². The van der Waals surface area contributed by atoms with E-state index in [0.29, 0.717) is 18.8 Å². The summed E-state index contributed by atoms with van der Waals surface area (Å²) in [6, 6.07) is 5.92. The number of hydrogen-bond donors (Lipinski definition) is 4. The van der Waals surface area contributed by atoms with Gasteiger partial charge in [0, 0.05) is 60.5 Å². The third-order valence-electron chi connectivity index (χ3n) is 5.11. The molecule has 2 aromatic heterocycles. The molecule has 3 aromatic rings. The number of hydrogen-bond acceptors (Lipinski definition) is 5. The van der Waals surface area contributed by atoms with Gasteiger partial charge < -0.3 is 25.1 Å². The molecule has 1 aliphatic rings. The molecule has 4 N–H and O–H groups in total. The molecule has 0 bridgehead atoms. The summed E-state index contributed by atoms with van der Waals surface area (Å²) in [5.41, 5.74) is 4.62. The molecular weight excluding hydrogens is 394 g/mol. The fourth-order valence-corrected chi connectivity index (χ4v) is 3.64. The van der Waals surface area contributed by atoms with Crippen LogP contribution in [0.15, 0.2) is 18.2 Å². The maximum atomic E-state index is 12.4. The predicted molar refractivity (Wildman–Crippen MR) is 113 cm³/mol. The lowest BCUT2D eigenvalue weighted by atomic mass is 10.1. The Kier molecular flexibility index (Phi) is 6.66. The quantitative estimate of drug-likeness (QED) is 0.440. The highest BCUT2D eigenvalue weighted by Crippen LogP contribution is 2.31. The van der Waals surface area contributed by atoms with Gasteiger partial charge in [0.25, 0.3) is 5.91 Å². The zero-order valence-electron chi connectivity index (χ0n) is 16.6. The SMILES string of the molecule is COc1cc(OC)c2cc(CCCNC(=O)c3n[nH]c4c3CNCC4)[nH]c2c1.Cl. The molecular formula is C20H26ClN5O3. The molecule has 8 nitrogen and oxygen atoms in total. The highest BCUT2D eigenvalue weighted by Gasteiger charge is 2.21. The average Bonchev–Trinajstić information content (AvgIpc) is 3.34. The van der Waals surface area contributed by atoms with Crippen molar-refractivity contribution < 1.29 is 14.3 Å². The van der Waals surface area contributed by atoms with Crippen LogP contribution >= 0.6 is 12.4 Å². The van der Waals surface area contributed by atoms with E-state index in [1.165, 1.54) is 0 Å². The van der Waals surface area contributed by atoms with Gasteiger partial charge >= 0.3 is 0 Å². The van der Waals surface area contributed by atoms with E-state index in [4.69, 9.17) is 9.47 Å². The fraction of sp³-hybridized carbons (Fsp3) is 0.400. The molecule has 0 spiro atoms. The lowest BCUT2D eigenvalue weighted by Crippen LogP contribution is -2.29. The average molecular weight is 420 g/mol. The Balaban J connectivity index is 0.00000240. The Morgan fingerprint density at radius 1 is 1.24 bits per heavy atom. The Labute approximate surface area is 175 Å². The van der Waals surface area contributed by atoms with Crippen molar-refractivity contribution >= 4 is 29.2 Å². The van der Waals surface area contributed by atoms with Gasteiger partial charge in [0.05, 0.1) is 19.7 Å². The van der Waals surface area contributed by atoms with E-state index in [9.17, 15) is 4.79 Å². The molecule has 156 valence electrons. The second-order valence-corrected chi connectivity index (χ2v) is 6.90. The molecule has 0 saturated heterocycles. The second kappa shape index (κ2) is 9.19. The zero-order chi connectivity index (χ0) is 19.5. The number of aryl methyl sites for hydroxylation is 1. The van der Waals surface area contributed by atoms with Crippen LogP contribution in [0.4, 0.5) is 0 Å². The lowest BCUT2D eigenvalue weighted by molar-refractivity contribution is 0.0947. The molecule has 0 unspecified atom stereocenters. The third kappa shape index (κ3) is 4.33. The summed E-state index contributed by atoms with van der Waals surface area (Å²) in [6.45, 7) is 2.19. The number of methoxy groups -OCH3 is 2. The van der Waals surface area contributed by atoms with Crippen LogP contribution in [-0.4, -0.2) is 48.4 Å². The molecule has 1 aliphatic heterocycles. The summed E-state index contributed by atoms with van der Waals surface area (Å²) in [6.07, 6.45) is 2.52. The number of H-pyrrole nitrogens is 2. The van der Waals surface area contributed by atoms with Gasteiger partial charge in [-0.2, -0.15) is 5.10 Å². The standard InChI is InChI=1S/C20H25N5O3.ClH/c1-27-13-9-17-14(18(10-13)28-2)8-12(23-17)4-3-6-22-20(26)19-15-11-21-7-5-16(15)24-25-19;/h8-10,21,23H,3-7,11H2,1-2H3,(H,22,26)(H,24,25);1H. The molecule has 0 radical (unpaired) electrons. The number of amides is 1. The number of fused-ring (bicyclic) bond motifs is 2. The second-order valence-electron chi connectivity index (χ2n) is 6.90. The first kappa shape index (κ1) is 21.0. The molecule has 0 saturated carbocycles. The van der Waals surface area contributed by atoms with Crippen LogP contribution in [0.5, 0.6) is 11.5 Å². The first-order valence-electron chi connectivity index (χ1n) is 9.48. The number of aromatic nitrogens is 3. The van der Waals surface area contributed by atoms with E-state index in [1.807, 2.05) is 12.1 Å². The lowest BCUT2D eigenvalue weighted by Gasteiger charge is -2.12. The molecule has 3 heterocycles. The van der Waals surface area contributed by atoms with Crippen molar-refractivity contribution in [1.29, 1.82) is 0 Å². The maximum absolute atomic E-state index is 12.4. The van der Waals surface area contributed by atoms with E-state index in [2.05, 4.69) is 31.9 Å². The Hall–Kier alpha value is -2.71. The van der Waals surface area contributed by atoms with E-state index in [-0.39, 0.29) is 18.3 Å². The van der Waals surface area contributed by atoms with Crippen molar-refractivity contribution in [3.05, 3.63) is 40.8 Å². The highest BCUT2D eigenvalue weighted by molar-refractivity contribution is 5.94. The predicted octanol–water partition coefficient (Wildman–Crippen LogP) is 2.34. The largest absolute Gasteiger partial charge is 0.497 e. The van der Waals surface area contributed by atoms with E-state index < -0.39 is 0 Å². The van der Waals surface area contributed by atoms with Crippen LogP contribution in [0.25, 0.3) is 10.9 Å². The van der Waals surface area contributed by atoms with Gasteiger partial charge in [0.1, 0.15) is 11.5 Å². The van der Waals surface area contributed by atoms with Crippen LogP contribution in [0, 0.1) is 0 Å². The van der Waals surface area contributed by atoms with Crippen LogP contribution in [0.3, 0.4) is 0 Å². The van der Waals surface area contributed by atoms with Gasteiger partial charge in [-0.1, -0.05) is 0 Å². The summed E-state index contributed by atoms with van der Waals surface area (Å²) in [5.74, 6) is 1.41. The maximum Gasteiger partial charge on any atom is 0.272 e. The van der Waals surface area contributed by atoms with E-state index >= 15 is 0 Å². The molecule has 0 fully saturated rings. The first-order chi connectivity index (χ1) is 13.7. The van der Waals surface area contributed by atoms with Crippen molar-refractivity contribution in [2.24, 2.45) is 0 Å². The molecule has 0 atom stereocenters. The number of benzene rings is 1. The minimum Gasteiger partial charge on any atom is -0.497 e. The fourth-order valence-electron chi connectivity index (χ4n) is 3.64. The van der Waals surface area contributed by atoms with Crippen molar-refractivity contribution in [2.75, 3.05) is 27.3 Å². The van der Waals surface area contributed by atoms with Gasteiger partial charge in [-0.15, -0.1) is 12.4 Å². The van der Waals surface area contributed by atoms with Crippen LogP contribution in [-0.2, 0) is 19.4 Å². The van der Waals surface area contributed by atoms with Gasteiger partial charge in [0.15, 0.2) is 5.69 Å². The number of nitrogens with one attached hydrogen (secondary N) is 4. The number of aromatic amines is 2. The van der Waals surface area contributed by atoms with Crippen LogP contribution in [0.2, 0.25) is 0 Å². The normalized spacial score (nSPS) is 12.9. The first-order valence-corrected chi connectivity index (χ1v) is 9.48. The number of carbonyl (C=O) groups is 1. The van der Waals surface area contributed by atoms with Crippen molar-refractivity contribution in [2.45, 2.75) is 25.8 Å². The minimum absolute atomic E-state index is 0. The molecule has 9 heteroatoms. The number of nitrogens with zero attached hydrogens (tertiary/aromatic N) is 1. The van der Waals surface area contributed by atoms with Gasteiger partial charge in [-0.3, -0.25) is 9.89 Å². The number of halogens is 1. The van der Waals surface area contributed by atoms with Gasteiger partial charge in [0.2, 0.25) is 0 Å². The Bertz CT molecular complexity index is 998. The Morgan fingerprint density at radius 3 is 2.90 bits per heavy atom. The summed E-state index contributed by atoms with van der Waals surface area (Å²) in [5, 5.41) is 14.4. The minimum atomic E-state index is -0.121.